The van der Waals surface area contributed by atoms with Crippen molar-refractivity contribution in [2.45, 2.75) is 12.8 Å². The minimum absolute atomic E-state index is 0.0112. The summed E-state index contributed by atoms with van der Waals surface area (Å²) in [4.78, 5) is 31.5. The zero-order chi connectivity index (χ0) is 17.4. The SMILES string of the molecule is Cn1ccn2ncc(C(=O)N3CCCC(C(=O)c4ccccn4)C3)c12. The van der Waals surface area contributed by atoms with E-state index in [4.69, 9.17) is 0 Å². The van der Waals surface area contributed by atoms with Gasteiger partial charge in [-0.3, -0.25) is 14.6 Å². The topological polar surface area (TPSA) is 72.5 Å². The standard InChI is InChI=1S/C18H19N5O2/c1-21-9-10-23-17(21)14(11-20-23)18(25)22-8-4-5-13(12-22)16(24)15-6-2-3-7-19-15/h2-3,6-7,9-11,13H,4-5,8,12H2,1H3. The van der Waals surface area contributed by atoms with Crippen molar-refractivity contribution in [3.63, 3.8) is 0 Å². The van der Waals surface area contributed by atoms with Crippen molar-refractivity contribution in [1.29, 1.82) is 0 Å². The van der Waals surface area contributed by atoms with Crippen LogP contribution in [0.4, 0.5) is 0 Å². The van der Waals surface area contributed by atoms with Crippen molar-refractivity contribution in [2.24, 2.45) is 13.0 Å². The van der Waals surface area contributed by atoms with E-state index in [1.165, 1.54) is 0 Å². The number of Topliss-reactive ketones (excluding diaryl/α,β-unsaturated/α-hetero) is 1. The number of pyridine rings is 1. The molecule has 0 saturated carbocycles. The third-order valence-corrected chi connectivity index (χ3v) is 4.76. The van der Waals surface area contributed by atoms with Gasteiger partial charge in [0.15, 0.2) is 5.78 Å². The molecule has 1 aliphatic rings. The maximum absolute atomic E-state index is 13.0. The van der Waals surface area contributed by atoms with Gasteiger partial charge in [-0.05, 0) is 25.0 Å². The third-order valence-electron chi connectivity index (χ3n) is 4.76. The lowest BCUT2D eigenvalue weighted by molar-refractivity contribution is 0.0636. The van der Waals surface area contributed by atoms with Gasteiger partial charge in [0.25, 0.3) is 5.91 Å². The number of carbonyl (C=O) groups excluding carboxylic acids is 2. The van der Waals surface area contributed by atoms with Crippen LogP contribution in [0.3, 0.4) is 0 Å². The number of piperidine rings is 1. The fourth-order valence-electron chi connectivity index (χ4n) is 3.46. The molecule has 0 bridgehead atoms. The van der Waals surface area contributed by atoms with E-state index in [2.05, 4.69) is 10.1 Å². The lowest BCUT2D eigenvalue weighted by atomic mass is 9.91. The van der Waals surface area contributed by atoms with Crippen molar-refractivity contribution < 1.29 is 9.59 Å². The van der Waals surface area contributed by atoms with Gasteiger partial charge < -0.3 is 9.47 Å². The first-order valence-electron chi connectivity index (χ1n) is 8.38. The normalized spacial score (nSPS) is 17.8. The molecule has 1 atom stereocenters. The highest BCUT2D eigenvalue weighted by Crippen LogP contribution is 2.23. The fraction of sp³-hybridized carbons (Fsp3) is 0.333. The largest absolute Gasteiger partial charge is 0.338 e. The molecule has 7 heteroatoms. The van der Waals surface area contributed by atoms with Gasteiger partial charge in [0.05, 0.1) is 6.20 Å². The quantitative estimate of drug-likeness (QED) is 0.683. The summed E-state index contributed by atoms with van der Waals surface area (Å²) < 4.78 is 3.56. The number of ketones is 1. The Bertz CT molecular complexity index is 928. The minimum Gasteiger partial charge on any atom is -0.338 e. The predicted molar refractivity (Wildman–Crippen MR) is 91.4 cm³/mol. The van der Waals surface area contributed by atoms with Crippen LogP contribution in [-0.4, -0.2) is 48.8 Å². The van der Waals surface area contributed by atoms with Crippen LogP contribution in [0.2, 0.25) is 0 Å². The van der Waals surface area contributed by atoms with E-state index in [1.54, 1.807) is 33.9 Å². The second-order valence-electron chi connectivity index (χ2n) is 6.41. The van der Waals surface area contributed by atoms with Gasteiger partial charge >= 0.3 is 0 Å². The summed E-state index contributed by atoms with van der Waals surface area (Å²) in [6.07, 6.45) is 8.50. The van der Waals surface area contributed by atoms with E-state index in [9.17, 15) is 9.59 Å². The highest BCUT2D eigenvalue weighted by atomic mass is 16.2. The van der Waals surface area contributed by atoms with E-state index in [1.807, 2.05) is 30.1 Å². The summed E-state index contributed by atoms with van der Waals surface area (Å²) in [7, 11) is 1.89. The predicted octanol–water partition coefficient (Wildman–Crippen LogP) is 1.80. The van der Waals surface area contributed by atoms with Crippen LogP contribution in [-0.2, 0) is 7.05 Å². The molecule has 128 valence electrons. The number of aryl methyl sites for hydroxylation is 1. The van der Waals surface area contributed by atoms with Crippen molar-refractivity contribution in [3.8, 4) is 0 Å². The molecular weight excluding hydrogens is 318 g/mol. The van der Waals surface area contributed by atoms with E-state index < -0.39 is 0 Å². The number of amides is 1. The molecule has 4 rings (SSSR count). The fourth-order valence-corrected chi connectivity index (χ4v) is 3.46. The second kappa shape index (κ2) is 6.16. The summed E-state index contributed by atoms with van der Waals surface area (Å²) in [5.41, 5.74) is 1.80. The Labute approximate surface area is 144 Å². The number of carbonyl (C=O) groups is 2. The number of imidazole rings is 1. The van der Waals surface area contributed by atoms with E-state index in [0.29, 0.717) is 24.3 Å². The Morgan fingerprint density at radius 3 is 2.92 bits per heavy atom. The van der Waals surface area contributed by atoms with Gasteiger partial charge in [0.2, 0.25) is 0 Å². The summed E-state index contributed by atoms with van der Waals surface area (Å²) in [5, 5.41) is 4.23. The van der Waals surface area contributed by atoms with Gasteiger partial charge in [0.1, 0.15) is 16.9 Å². The van der Waals surface area contributed by atoms with Crippen molar-refractivity contribution in [3.05, 3.63) is 54.2 Å². The second-order valence-corrected chi connectivity index (χ2v) is 6.41. The molecule has 3 aromatic rings. The van der Waals surface area contributed by atoms with Gasteiger partial charge in [-0.1, -0.05) is 6.07 Å². The first-order valence-corrected chi connectivity index (χ1v) is 8.38. The van der Waals surface area contributed by atoms with E-state index in [0.717, 1.165) is 18.5 Å². The zero-order valence-corrected chi connectivity index (χ0v) is 14.0. The maximum Gasteiger partial charge on any atom is 0.259 e. The molecule has 0 radical (unpaired) electrons. The van der Waals surface area contributed by atoms with Gasteiger partial charge in [-0.25, -0.2) is 4.52 Å². The Morgan fingerprint density at radius 2 is 2.12 bits per heavy atom. The minimum atomic E-state index is -0.202. The van der Waals surface area contributed by atoms with Gasteiger partial charge in [0, 0.05) is 44.6 Å². The van der Waals surface area contributed by atoms with Crippen LogP contribution >= 0.6 is 0 Å². The Balaban J connectivity index is 1.56. The molecule has 0 N–H and O–H groups in total. The number of hydrogen-bond acceptors (Lipinski definition) is 4. The third kappa shape index (κ3) is 2.71. The van der Waals surface area contributed by atoms with Crippen LogP contribution < -0.4 is 0 Å². The number of fused-ring (bicyclic) bond motifs is 1. The smallest absolute Gasteiger partial charge is 0.259 e. The average molecular weight is 337 g/mol. The number of nitrogens with zero attached hydrogens (tertiary/aromatic N) is 5. The van der Waals surface area contributed by atoms with Crippen LogP contribution in [0.25, 0.3) is 5.65 Å². The molecule has 7 nitrogen and oxygen atoms in total. The van der Waals surface area contributed by atoms with Crippen molar-refractivity contribution in [2.75, 3.05) is 13.1 Å². The lowest BCUT2D eigenvalue weighted by Gasteiger charge is -2.31. The number of rotatable bonds is 3. The molecule has 4 heterocycles. The summed E-state index contributed by atoms with van der Waals surface area (Å²) in [5.74, 6) is -0.264. The molecule has 1 amide bonds. The first kappa shape index (κ1) is 15.6. The number of hydrogen-bond donors (Lipinski definition) is 0. The molecule has 0 aliphatic carbocycles. The molecule has 1 saturated heterocycles. The maximum atomic E-state index is 13.0. The van der Waals surface area contributed by atoms with Crippen molar-refractivity contribution in [1.82, 2.24) is 24.1 Å². The first-order chi connectivity index (χ1) is 12.1. The summed E-state index contributed by atoms with van der Waals surface area (Å²) in [6, 6.07) is 5.33. The van der Waals surface area contributed by atoms with Crippen LogP contribution in [0, 0.1) is 5.92 Å². The molecule has 1 fully saturated rings. The van der Waals surface area contributed by atoms with Gasteiger partial charge in [-0.2, -0.15) is 5.10 Å². The van der Waals surface area contributed by atoms with E-state index >= 15 is 0 Å². The molecule has 1 unspecified atom stereocenters. The van der Waals surface area contributed by atoms with Crippen LogP contribution in [0.5, 0.6) is 0 Å². The number of likely N-dealkylation sites (tertiary alicyclic amines) is 1. The molecule has 25 heavy (non-hydrogen) atoms. The van der Waals surface area contributed by atoms with Crippen LogP contribution in [0.1, 0.15) is 33.7 Å². The zero-order valence-electron chi connectivity index (χ0n) is 14.0. The average Bonchev–Trinajstić information content (AvgIpc) is 3.24. The number of aromatic nitrogens is 4. The van der Waals surface area contributed by atoms with Crippen LogP contribution in [0.15, 0.2) is 43.0 Å². The summed E-state index contributed by atoms with van der Waals surface area (Å²) in [6.45, 7) is 1.09. The van der Waals surface area contributed by atoms with Gasteiger partial charge in [-0.15, -0.1) is 0 Å². The molecule has 0 spiro atoms. The Morgan fingerprint density at radius 1 is 1.24 bits per heavy atom. The molecule has 3 aromatic heterocycles. The molecular formula is C18H19N5O2. The monoisotopic (exact) mass is 337 g/mol. The Kier molecular flexibility index (Phi) is 3.83. The Hall–Kier alpha value is -2.96. The molecule has 1 aliphatic heterocycles. The molecule has 0 aromatic carbocycles. The highest BCUT2D eigenvalue weighted by molar-refractivity contribution is 6.01. The van der Waals surface area contributed by atoms with Crippen molar-refractivity contribution >= 4 is 17.3 Å². The summed E-state index contributed by atoms with van der Waals surface area (Å²) >= 11 is 0. The highest BCUT2D eigenvalue weighted by Gasteiger charge is 2.31. The lowest BCUT2D eigenvalue weighted by Crippen LogP contribution is -2.42. The van der Waals surface area contributed by atoms with E-state index in [-0.39, 0.29) is 17.6 Å².